The molecule has 0 aliphatic carbocycles. The summed E-state index contributed by atoms with van der Waals surface area (Å²) in [4.78, 5) is 40.6. The minimum absolute atomic E-state index is 0.225. The molecule has 23 heavy (non-hydrogen) atoms. The Morgan fingerprint density at radius 1 is 1.43 bits per heavy atom. The van der Waals surface area contributed by atoms with Gasteiger partial charge in [-0.1, -0.05) is 0 Å². The lowest BCUT2D eigenvalue weighted by atomic mass is 10.2. The van der Waals surface area contributed by atoms with E-state index in [-0.39, 0.29) is 11.8 Å². The Kier molecular flexibility index (Phi) is 4.16. The molecule has 0 aromatic carbocycles. The van der Waals surface area contributed by atoms with Gasteiger partial charge in [-0.3, -0.25) is 9.59 Å². The number of hydrogen-bond acceptors (Lipinski definition) is 5. The Hall–Kier alpha value is -2.61. The number of thiophene rings is 1. The summed E-state index contributed by atoms with van der Waals surface area (Å²) in [6, 6.07) is 4.38. The molecule has 1 fully saturated rings. The molecular formula is C15H15N3O4S. The summed E-state index contributed by atoms with van der Waals surface area (Å²) in [6.07, 6.45) is 2.13. The van der Waals surface area contributed by atoms with Crippen LogP contribution in [0.25, 0.3) is 0 Å². The number of carbonyl (C=O) groups excluding carboxylic acids is 3. The highest BCUT2D eigenvalue weighted by molar-refractivity contribution is 7.14. The predicted octanol–water partition coefficient (Wildman–Crippen LogP) is 1.40. The lowest BCUT2D eigenvalue weighted by Gasteiger charge is -2.16. The van der Waals surface area contributed by atoms with Crippen LogP contribution in [0, 0.1) is 0 Å². The molecule has 3 rings (SSSR count). The fourth-order valence-corrected chi connectivity index (χ4v) is 3.42. The lowest BCUT2D eigenvalue weighted by molar-refractivity contribution is -0.118. The van der Waals surface area contributed by atoms with E-state index in [0.717, 1.165) is 0 Å². The van der Waals surface area contributed by atoms with Gasteiger partial charge in [0.25, 0.3) is 5.91 Å². The number of carbonyl (C=O) groups is 3. The fourth-order valence-electron chi connectivity index (χ4n) is 2.50. The van der Waals surface area contributed by atoms with Gasteiger partial charge in [-0.25, -0.2) is 4.79 Å². The second-order valence-corrected chi connectivity index (χ2v) is 5.91. The molecule has 0 unspecified atom stereocenters. The Morgan fingerprint density at radius 2 is 2.26 bits per heavy atom. The number of nitrogens with zero attached hydrogens (tertiary/aromatic N) is 1. The molecule has 2 aromatic heterocycles. The van der Waals surface area contributed by atoms with Crippen LogP contribution >= 0.6 is 11.3 Å². The van der Waals surface area contributed by atoms with Crippen LogP contribution in [0.15, 0.2) is 29.8 Å². The van der Waals surface area contributed by atoms with E-state index in [1.165, 1.54) is 23.3 Å². The first-order chi connectivity index (χ1) is 11.1. The van der Waals surface area contributed by atoms with Crippen LogP contribution in [-0.4, -0.2) is 42.5 Å². The van der Waals surface area contributed by atoms with Crippen molar-refractivity contribution < 1.29 is 19.1 Å². The van der Waals surface area contributed by atoms with E-state index in [0.29, 0.717) is 29.2 Å². The average Bonchev–Trinajstić information content (AvgIpc) is 3.27. The van der Waals surface area contributed by atoms with Crippen LogP contribution in [0.5, 0.6) is 0 Å². The number of ether oxygens (including phenoxy) is 1. The first kappa shape index (κ1) is 15.3. The molecule has 0 bridgehead atoms. The molecule has 1 atom stereocenters. The van der Waals surface area contributed by atoms with E-state index in [1.807, 2.05) is 0 Å². The molecule has 1 saturated heterocycles. The summed E-state index contributed by atoms with van der Waals surface area (Å²) in [5.41, 5.74) is 0.768. The Labute approximate surface area is 136 Å². The number of hydrogen-bond donors (Lipinski definition) is 2. The van der Waals surface area contributed by atoms with Crippen molar-refractivity contribution >= 4 is 34.1 Å². The molecule has 0 radical (unpaired) electrons. The van der Waals surface area contributed by atoms with Crippen molar-refractivity contribution in [2.45, 2.75) is 12.5 Å². The van der Waals surface area contributed by atoms with Crippen LogP contribution in [0.1, 0.15) is 27.3 Å². The third-order valence-electron chi connectivity index (χ3n) is 3.65. The van der Waals surface area contributed by atoms with E-state index in [4.69, 9.17) is 4.74 Å². The molecule has 8 heteroatoms. The Balaban J connectivity index is 1.73. The van der Waals surface area contributed by atoms with Crippen molar-refractivity contribution in [2.24, 2.45) is 0 Å². The van der Waals surface area contributed by atoms with Gasteiger partial charge in [0.2, 0.25) is 5.91 Å². The summed E-state index contributed by atoms with van der Waals surface area (Å²) in [5.74, 6) is -1.03. The SMILES string of the molecule is COC(=O)c1ccsc1N1CC[C@@H](NC(=O)c2ccc[nH]2)C1=O. The Morgan fingerprint density at radius 3 is 2.96 bits per heavy atom. The van der Waals surface area contributed by atoms with Gasteiger partial charge >= 0.3 is 5.97 Å². The molecule has 1 aliphatic heterocycles. The standard InChI is InChI=1S/C15H15N3O4S/c1-22-15(21)9-5-8-23-14(9)18-7-4-11(13(18)20)17-12(19)10-3-2-6-16-10/h2-3,5-6,8,11,16H,4,7H2,1H3,(H,17,19)/t11-/m1/s1. The highest BCUT2D eigenvalue weighted by atomic mass is 32.1. The summed E-state index contributed by atoms with van der Waals surface area (Å²) in [6.45, 7) is 0.443. The minimum Gasteiger partial charge on any atom is -0.465 e. The van der Waals surface area contributed by atoms with Crippen molar-refractivity contribution in [3.05, 3.63) is 41.0 Å². The molecule has 120 valence electrons. The number of esters is 1. The molecule has 7 nitrogen and oxygen atoms in total. The van der Waals surface area contributed by atoms with Gasteiger partial charge in [-0.15, -0.1) is 11.3 Å². The highest BCUT2D eigenvalue weighted by Gasteiger charge is 2.36. The highest BCUT2D eigenvalue weighted by Crippen LogP contribution is 2.31. The molecule has 3 heterocycles. The smallest absolute Gasteiger partial charge is 0.340 e. The van der Waals surface area contributed by atoms with Crippen molar-refractivity contribution in [1.82, 2.24) is 10.3 Å². The van der Waals surface area contributed by atoms with E-state index in [1.54, 1.807) is 29.8 Å². The maximum absolute atomic E-state index is 12.5. The van der Waals surface area contributed by atoms with E-state index >= 15 is 0 Å². The second-order valence-electron chi connectivity index (χ2n) is 5.02. The predicted molar refractivity (Wildman–Crippen MR) is 84.7 cm³/mol. The van der Waals surface area contributed by atoms with Gasteiger partial charge in [0.1, 0.15) is 16.7 Å². The summed E-state index contributed by atoms with van der Waals surface area (Å²) in [7, 11) is 1.30. The number of rotatable bonds is 4. The maximum Gasteiger partial charge on any atom is 0.340 e. The van der Waals surface area contributed by atoms with Gasteiger partial charge in [0.15, 0.2) is 0 Å². The molecule has 0 saturated carbocycles. The zero-order valence-electron chi connectivity index (χ0n) is 12.4. The van der Waals surface area contributed by atoms with Gasteiger partial charge in [0.05, 0.1) is 12.7 Å². The second kappa shape index (κ2) is 6.25. The number of H-pyrrole nitrogens is 1. The quantitative estimate of drug-likeness (QED) is 0.827. The van der Waals surface area contributed by atoms with Crippen LogP contribution in [0.2, 0.25) is 0 Å². The maximum atomic E-state index is 12.5. The fraction of sp³-hybridized carbons (Fsp3) is 0.267. The van der Waals surface area contributed by atoms with Gasteiger partial charge in [-0.2, -0.15) is 0 Å². The topological polar surface area (TPSA) is 91.5 Å². The monoisotopic (exact) mass is 333 g/mol. The summed E-state index contributed by atoms with van der Waals surface area (Å²) >= 11 is 1.30. The normalized spacial score (nSPS) is 17.3. The van der Waals surface area contributed by atoms with Gasteiger partial charge in [0, 0.05) is 12.7 Å². The van der Waals surface area contributed by atoms with E-state index < -0.39 is 12.0 Å². The van der Waals surface area contributed by atoms with E-state index in [2.05, 4.69) is 10.3 Å². The van der Waals surface area contributed by atoms with Gasteiger partial charge < -0.3 is 19.9 Å². The number of amides is 2. The van der Waals surface area contributed by atoms with Crippen LogP contribution < -0.4 is 10.2 Å². The average molecular weight is 333 g/mol. The first-order valence-corrected chi connectivity index (χ1v) is 7.91. The summed E-state index contributed by atoms with van der Waals surface area (Å²) < 4.78 is 4.73. The number of aromatic nitrogens is 1. The molecule has 2 amide bonds. The number of aromatic amines is 1. The van der Waals surface area contributed by atoms with Crippen molar-refractivity contribution in [3.8, 4) is 0 Å². The van der Waals surface area contributed by atoms with Gasteiger partial charge in [-0.05, 0) is 30.0 Å². The number of anilines is 1. The number of methoxy groups -OCH3 is 1. The third-order valence-corrected chi connectivity index (χ3v) is 4.58. The molecule has 1 aliphatic rings. The largest absolute Gasteiger partial charge is 0.465 e. The summed E-state index contributed by atoms with van der Waals surface area (Å²) in [5, 5.41) is 5.00. The lowest BCUT2D eigenvalue weighted by Crippen LogP contribution is -2.41. The van der Waals surface area contributed by atoms with Crippen molar-refractivity contribution in [3.63, 3.8) is 0 Å². The van der Waals surface area contributed by atoms with Crippen LogP contribution in [0.3, 0.4) is 0 Å². The Bertz CT molecular complexity index is 738. The molecular weight excluding hydrogens is 318 g/mol. The van der Waals surface area contributed by atoms with Crippen molar-refractivity contribution in [1.29, 1.82) is 0 Å². The third kappa shape index (κ3) is 2.85. The zero-order chi connectivity index (χ0) is 16.4. The molecule has 0 spiro atoms. The van der Waals surface area contributed by atoms with E-state index in [9.17, 15) is 14.4 Å². The van der Waals surface area contributed by atoms with Crippen molar-refractivity contribution in [2.75, 3.05) is 18.6 Å². The minimum atomic E-state index is -0.599. The molecule has 2 N–H and O–H groups in total. The van der Waals surface area contributed by atoms with Crippen LogP contribution in [0.4, 0.5) is 5.00 Å². The zero-order valence-corrected chi connectivity index (χ0v) is 13.2. The number of nitrogens with one attached hydrogen (secondary N) is 2. The first-order valence-electron chi connectivity index (χ1n) is 7.03. The molecule has 2 aromatic rings. The van der Waals surface area contributed by atoms with Crippen LogP contribution in [-0.2, 0) is 9.53 Å².